The molecule has 4 aromatic rings. The van der Waals surface area contributed by atoms with E-state index < -0.39 is 0 Å². The van der Waals surface area contributed by atoms with Gasteiger partial charge in [-0.05, 0) is 36.1 Å². The van der Waals surface area contributed by atoms with E-state index in [-0.39, 0.29) is 0 Å². The third kappa shape index (κ3) is 5.09. The molecule has 0 saturated carbocycles. The fourth-order valence-electron chi connectivity index (χ4n) is 2.61. The molecule has 1 aromatic carbocycles. The molecule has 0 aliphatic heterocycles. The van der Waals surface area contributed by atoms with Gasteiger partial charge in [0.1, 0.15) is 5.69 Å². The van der Waals surface area contributed by atoms with Crippen LogP contribution < -0.4 is 0 Å². The summed E-state index contributed by atoms with van der Waals surface area (Å²) in [5.41, 5.74) is 3.40. The zero-order chi connectivity index (χ0) is 19.8. The van der Waals surface area contributed by atoms with Gasteiger partial charge in [0.05, 0.1) is 6.54 Å². The van der Waals surface area contributed by atoms with Crippen molar-refractivity contribution >= 4 is 23.1 Å². The summed E-state index contributed by atoms with van der Waals surface area (Å²) >= 11 is 3.45. The van der Waals surface area contributed by atoms with E-state index in [4.69, 9.17) is 0 Å². The molecule has 4 rings (SSSR count). The van der Waals surface area contributed by atoms with Crippen molar-refractivity contribution in [2.24, 2.45) is 0 Å². The van der Waals surface area contributed by atoms with Gasteiger partial charge in [0, 0.05) is 16.8 Å². The van der Waals surface area contributed by atoms with Gasteiger partial charge in [-0.15, -0.1) is 21.5 Å². The highest BCUT2D eigenvalue weighted by Gasteiger charge is 2.16. The Morgan fingerprint density at radius 2 is 1.79 bits per heavy atom. The van der Waals surface area contributed by atoms with E-state index in [0.717, 1.165) is 29.0 Å². The number of thioether (sulfide) groups is 1. The van der Waals surface area contributed by atoms with E-state index in [1.54, 1.807) is 29.3 Å². The molecule has 0 fully saturated rings. The van der Waals surface area contributed by atoms with Crippen LogP contribution in [0, 0.1) is 6.92 Å². The van der Waals surface area contributed by atoms with Crippen molar-refractivity contribution in [3.05, 3.63) is 82.2 Å². The maximum absolute atomic E-state index is 4.45. The normalized spacial score (nSPS) is 10.4. The molecule has 0 unspecified atom stereocenters. The lowest BCUT2D eigenvalue weighted by Gasteiger charge is -2.09. The van der Waals surface area contributed by atoms with Crippen LogP contribution >= 0.6 is 23.1 Å². The highest BCUT2D eigenvalue weighted by atomic mass is 32.2. The van der Waals surface area contributed by atoms with Gasteiger partial charge in [0.2, 0.25) is 0 Å². The first kappa shape index (κ1) is 20.3. The Kier molecular flexibility index (Phi) is 7.39. The van der Waals surface area contributed by atoms with Crippen molar-refractivity contribution in [2.45, 2.75) is 38.2 Å². The van der Waals surface area contributed by atoms with Crippen LogP contribution in [-0.4, -0.2) is 19.7 Å². The molecule has 0 radical (unpaired) electrons. The number of hydrogen-bond acceptors (Lipinski definition) is 5. The van der Waals surface area contributed by atoms with Crippen molar-refractivity contribution in [1.82, 2.24) is 19.7 Å². The number of pyridine rings is 1. The largest absolute Gasteiger partial charge is 0.295 e. The summed E-state index contributed by atoms with van der Waals surface area (Å²) in [7, 11) is 0. The summed E-state index contributed by atoms with van der Waals surface area (Å²) in [6, 6.07) is 18.7. The fraction of sp³-hybridized carbons (Fsp3) is 0.227. The second-order valence-electron chi connectivity index (χ2n) is 5.96. The Morgan fingerprint density at radius 3 is 2.46 bits per heavy atom. The van der Waals surface area contributed by atoms with Crippen molar-refractivity contribution in [3.63, 3.8) is 0 Å². The number of hydrogen-bond donors (Lipinski definition) is 0. The first-order chi connectivity index (χ1) is 13.8. The number of rotatable bonds is 6. The lowest BCUT2D eigenvalue weighted by molar-refractivity contribution is 0.721. The lowest BCUT2D eigenvalue weighted by Crippen LogP contribution is -2.03. The first-order valence-electron chi connectivity index (χ1n) is 9.35. The third-order valence-electron chi connectivity index (χ3n) is 3.99. The molecule has 28 heavy (non-hydrogen) atoms. The van der Waals surface area contributed by atoms with Crippen molar-refractivity contribution in [3.8, 4) is 11.5 Å². The van der Waals surface area contributed by atoms with Gasteiger partial charge in [-0.3, -0.25) is 9.55 Å². The molecule has 0 aliphatic rings. The summed E-state index contributed by atoms with van der Waals surface area (Å²) in [6.07, 6.45) is 1.79. The van der Waals surface area contributed by atoms with Crippen LogP contribution in [0.3, 0.4) is 0 Å². The number of nitrogens with zero attached hydrogens (tertiary/aromatic N) is 4. The van der Waals surface area contributed by atoms with E-state index in [9.17, 15) is 0 Å². The van der Waals surface area contributed by atoms with Crippen LogP contribution in [0.4, 0.5) is 0 Å². The summed E-state index contributed by atoms with van der Waals surface area (Å²) in [6.45, 7) is 6.86. The second kappa shape index (κ2) is 10.2. The van der Waals surface area contributed by atoms with Gasteiger partial charge in [-0.2, -0.15) is 0 Å². The number of aromatic nitrogens is 4. The van der Waals surface area contributed by atoms with E-state index in [1.807, 2.05) is 32.0 Å². The molecule has 0 N–H and O–H groups in total. The molecule has 0 amide bonds. The minimum absolute atomic E-state index is 0.757. The molecule has 0 saturated heterocycles. The Morgan fingerprint density at radius 1 is 0.964 bits per heavy atom. The molecule has 3 aromatic heterocycles. The van der Waals surface area contributed by atoms with Gasteiger partial charge in [-0.25, -0.2) is 0 Å². The van der Waals surface area contributed by atoms with Gasteiger partial charge >= 0.3 is 0 Å². The summed E-state index contributed by atoms with van der Waals surface area (Å²) in [5.74, 6) is 1.68. The average molecular weight is 409 g/mol. The summed E-state index contributed by atoms with van der Waals surface area (Å²) < 4.78 is 2.16. The highest BCUT2D eigenvalue weighted by molar-refractivity contribution is 7.98. The molecule has 3 heterocycles. The number of thiophene rings is 1. The predicted octanol–water partition coefficient (Wildman–Crippen LogP) is 6.08. The van der Waals surface area contributed by atoms with Gasteiger partial charge in [0.25, 0.3) is 0 Å². The second-order valence-corrected chi connectivity index (χ2v) is 7.94. The molecular weight excluding hydrogens is 384 g/mol. The van der Waals surface area contributed by atoms with Gasteiger partial charge in [-0.1, -0.05) is 67.6 Å². The van der Waals surface area contributed by atoms with E-state index in [0.29, 0.717) is 0 Å². The lowest BCUT2D eigenvalue weighted by atomic mass is 10.2. The minimum Gasteiger partial charge on any atom is -0.295 e. The molecular formula is C22H24N4S2. The topological polar surface area (TPSA) is 43.6 Å². The number of benzene rings is 1. The van der Waals surface area contributed by atoms with Crippen molar-refractivity contribution in [1.29, 1.82) is 0 Å². The van der Waals surface area contributed by atoms with Crippen molar-refractivity contribution < 1.29 is 0 Å². The monoisotopic (exact) mass is 408 g/mol. The Hall–Kier alpha value is -2.44. The quantitative estimate of drug-likeness (QED) is 0.363. The molecule has 4 nitrogen and oxygen atoms in total. The van der Waals surface area contributed by atoms with Crippen LogP contribution in [0.15, 0.2) is 71.3 Å². The maximum atomic E-state index is 4.45. The molecule has 144 valence electrons. The molecule has 0 spiro atoms. The van der Waals surface area contributed by atoms with E-state index in [2.05, 4.69) is 68.5 Å². The van der Waals surface area contributed by atoms with Crippen LogP contribution in [0.25, 0.3) is 11.5 Å². The highest BCUT2D eigenvalue weighted by Crippen LogP contribution is 2.27. The molecule has 0 atom stereocenters. The van der Waals surface area contributed by atoms with Crippen LogP contribution in [-0.2, 0) is 12.3 Å². The van der Waals surface area contributed by atoms with Gasteiger partial charge < -0.3 is 0 Å². The van der Waals surface area contributed by atoms with E-state index in [1.165, 1.54) is 16.0 Å². The van der Waals surface area contributed by atoms with E-state index >= 15 is 0 Å². The minimum atomic E-state index is 0.757. The van der Waals surface area contributed by atoms with Crippen molar-refractivity contribution in [2.75, 3.05) is 0 Å². The Bertz CT molecular complexity index is 962. The maximum Gasteiger partial charge on any atom is 0.192 e. The number of aryl methyl sites for hydroxylation is 1. The third-order valence-corrected chi connectivity index (χ3v) is 5.89. The zero-order valence-corrected chi connectivity index (χ0v) is 18.0. The molecule has 0 bridgehead atoms. The average Bonchev–Trinajstić information content (AvgIpc) is 3.40. The predicted molar refractivity (Wildman–Crippen MR) is 119 cm³/mol. The fourth-order valence-corrected chi connectivity index (χ4v) is 4.20. The first-order valence-corrected chi connectivity index (χ1v) is 11.2. The SMILES string of the molecule is CC.Cc1ccc(CSc2nnc(-c3ccccn3)n2Cc2cccs2)cc1. The van der Waals surface area contributed by atoms with Crippen LogP contribution in [0.5, 0.6) is 0 Å². The molecule has 0 aliphatic carbocycles. The Balaban J connectivity index is 0.00000109. The standard InChI is InChI=1S/C20H18N4S2.C2H6/c1-15-7-9-16(10-8-15)14-26-20-23-22-19(18-6-2-3-11-21-18)24(20)13-17-5-4-12-25-17;1-2/h2-12H,13-14H2,1H3;1-2H3. The summed E-state index contributed by atoms with van der Waals surface area (Å²) in [5, 5.41) is 11.9. The summed E-state index contributed by atoms with van der Waals surface area (Å²) in [4.78, 5) is 5.73. The Labute approximate surface area is 174 Å². The smallest absolute Gasteiger partial charge is 0.192 e. The molecule has 6 heteroatoms. The van der Waals surface area contributed by atoms with Gasteiger partial charge in [0.15, 0.2) is 11.0 Å². The van der Waals surface area contributed by atoms with Crippen LogP contribution in [0.2, 0.25) is 0 Å². The zero-order valence-electron chi connectivity index (χ0n) is 16.4. The van der Waals surface area contributed by atoms with Crippen LogP contribution in [0.1, 0.15) is 29.9 Å².